The van der Waals surface area contributed by atoms with E-state index >= 15 is 0 Å². The van der Waals surface area contributed by atoms with Crippen molar-refractivity contribution in [1.29, 1.82) is 0 Å². The summed E-state index contributed by atoms with van der Waals surface area (Å²) in [4.78, 5) is 22.8. The monoisotopic (exact) mass is 281 g/mol. The van der Waals surface area contributed by atoms with Crippen LogP contribution in [0.25, 0.3) is 6.08 Å². The molecule has 0 aliphatic heterocycles. The van der Waals surface area contributed by atoms with Crippen LogP contribution in [0.4, 0.5) is 5.69 Å². The van der Waals surface area contributed by atoms with Crippen LogP contribution in [-0.2, 0) is 4.79 Å². The van der Waals surface area contributed by atoms with Gasteiger partial charge in [-0.25, -0.2) is 4.79 Å². The van der Waals surface area contributed by atoms with Gasteiger partial charge in [-0.2, -0.15) is 0 Å². The number of carbonyl (C=O) groups excluding carboxylic acids is 1. The first-order chi connectivity index (χ1) is 10.1. The third-order valence-electron chi connectivity index (χ3n) is 2.93. The standard InChI is InChI=1S/C17H15NO3/c1-12(11-13-5-3-2-4-6-13)16(19)18-15-9-7-14(8-10-15)17(20)21/h2-11H,1H3,(H,18,19)(H,20,21)/b12-11+. The fourth-order valence-corrected chi connectivity index (χ4v) is 1.79. The van der Waals surface area contributed by atoms with Crippen LogP contribution < -0.4 is 5.32 Å². The highest BCUT2D eigenvalue weighted by molar-refractivity contribution is 6.06. The highest BCUT2D eigenvalue weighted by Crippen LogP contribution is 2.12. The predicted octanol–water partition coefficient (Wildman–Crippen LogP) is 3.43. The molecule has 1 amide bonds. The highest BCUT2D eigenvalue weighted by Gasteiger charge is 2.06. The smallest absolute Gasteiger partial charge is 0.335 e. The first kappa shape index (κ1) is 14.5. The minimum Gasteiger partial charge on any atom is -0.478 e. The van der Waals surface area contributed by atoms with Crippen molar-refractivity contribution in [3.05, 3.63) is 71.3 Å². The molecule has 0 bridgehead atoms. The summed E-state index contributed by atoms with van der Waals surface area (Å²) in [6, 6.07) is 15.6. The summed E-state index contributed by atoms with van der Waals surface area (Å²) < 4.78 is 0. The Hall–Kier alpha value is -2.88. The van der Waals surface area contributed by atoms with Crippen molar-refractivity contribution in [2.75, 3.05) is 5.32 Å². The van der Waals surface area contributed by atoms with Crippen LogP contribution in [0.2, 0.25) is 0 Å². The molecule has 2 aromatic carbocycles. The van der Waals surface area contributed by atoms with Gasteiger partial charge in [-0.3, -0.25) is 4.79 Å². The van der Waals surface area contributed by atoms with E-state index in [4.69, 9.17) is 5.11 Å². The molecule has 4 heteroatoms. The molecule has 2 rings (SSSR count). The molecule has 0 heterocycles. The second-order valence-electron chi connectivity index (χ2n) is 4.57. The minimum atomic E-state index is -0.993. The van der Waals surface area contributed by atoms with Crippen LogP contribution in [0.5, 0.6) is 0 Å². The van der Waals surface area contributed by atoms with E-state index in [-0.39, 0.29) is 11.5 Å². The molecule has 0 atom stereocenters. The van der Waals surface area contributed by atoms with Gasteiger partial charge in [0, 0.05) is 11.3 Å². The van der Waals surface area contributed by atoms with E-state index in [1.807, 2.05) is 30.3 Å². The number of aromatic carboxylic acids is 1. The maximum absolute atomic E-state index is 12.0. The zero-order chi connectivity index (χ0) is 15.2. The molecule has 0 radical (unpaired) electrons. The molecule has 0 aromatic heterocycles. The van der Waals surface area contributed by atoms with Gasteiger partial charge >= 0.3 is 5.97 Å². The van der Waals surface area contributed by atoms with Gasteiger partial charge in [-0.15, -0.1) is 0 Å². The number of hydrogen-bond donors (Lipinski definition) is 2. The molecule has 0 saturated heterocycles. The van der Waals surface area contributed by atoms with Crippen molar-refractivity contribution in [3.8, 4) is 0 Å². The summed E-state index contributed by atoms with van der Waals surface area (Å²) in [6.45, 7) is 1.73. The molecule has 2 N–H and O–H groups in total. The summed E-state index contributed by atoms with van der Waals surface area (Å²) >= 11 is 0. The van der Waals surface area contributed by atoms with Crippen molar-refractivity contribution in [3.63, 3.8) is 0 Å². The second-order valence-corrected chi connectivity index (χ2v) is 4.57. The lowest BCUT2D eigenvalue weighted by Crippen LogP contribution is -2.12. The largest absolute Gasteiger partial charge is 0.478 e. The van der Waals surface area contributed by atoms with Gasteiger partial charge in [0.25, 0.3) is 5.91 Å². The topological polar surface area (TPSA) is 66.4 Å². The summed E-state index contributed by atoms with van der Waals surface area (Å²) in [5.74, 6) is -1.21. The minimum absolute atomic E-state index is 0.185. The molecule has 4 nitrogen and oxygen atoms in total. The number of hydrogen-bond acceptors (Lipinski definition) is 2. The first-order valence-corrected chi connectivity index (χ1v) is 6.44. The Labute approximate surface area is 122 Å². The third-order valence-corrected chi connectivity index (χ3v) is 2.93. The van der Waals surface area contributed by atoms with E-state index < -0.39 is 5.97 Å². The van der Waals surface area contributed by atoms with E-state index in [2.05, 4.69) is 5.32 Å². The Morgan fingerprint density at radius 2 is 1.62 bits per heavy atom. The van der Waals surface area contributed by atoms with Gasteiger partial charge in [0.1, 0.15) is 0 Å². The molecule has 21 heavy (non-hydrogen) atoms. The third kappa shape index (κ3) is 4.04. The molecule has 0 aliphatic rings. The summed E-state index contributed by atoms with van der Waals surface area (Å²) in [5, 5.41) is 11.5. The molecule has 0 saturated carbocycles. The lowest BCUT2D eigenvalue weighted by molar-refractivity contribution is -0.112. The Bertz CT molecular complexity index is 673. The predicted molar refractivity (Wildman–Crippen MR) is 82.1 cm³/mol. The zero-order valence-electron chi connectivity index (χ0n) is 11.5. The molecular weight excluding hydrogens is 266 g/mol. The molecule has 106 valence electrons. The van der Waals surface area contributed by atoms with Gasteiger partial charge in [-0.1, -0.05) is 30.3 Å². The van der Waals surface area contributed by atoms with E-state index in [1.54, 1.807) is 25.1 Å². The van der Waals surface area contributed by atoms with Crippen LogP contribution in [0.1, 0.15) is 22.8 Å². The number of amides is 1. The Morgan fingerprint density at radius 1 is 1.00 bits per heavy atom. The number of carboxylic acid groups (broad SMARTS) is 1. The first-order valence-electron chi connectivity index (χ1n) is 6.44. The Kier molecular flexibility index (Phi) is 4.51. The maximum Gasteiger partial charge on any atom is 0.335 e. The normalized spacial score (nSPS) is 11.0. The van der Waals surface area contributed by atoms with E-state index in [1.165, 1.54) is 12.1 Å². The fraction of sp³-hybridized carbons (Fsp3) is 0.0588. The van der Waals surface area contributed by atoms with E-state index in [0.717, 1.165) is 5.56 Å². The molecular formula is C17H15NO3. The molecule has 0 spiro atoms. The maximum atomic E-state index is 12.0. The highest BCUT2D eigenvalue weighted by atomic mass is 16.4. The average molecular weight is 281 g/mol. The number of nitrogens with one attached hydrogen (secondary N) is 1. The van der Waals surface area contributed by atoms with Gasteiger partial charge in [0.15, 0.2) is 0 Å². The summed E-state index contributed by atoms with van der Waals surface area (Å²) in [7, 11) is 0. The summed E-state index contributed by atoms with van der Waals surface area (Å²) in [6.07, 6.45) is 1.79. The van der Waals surface area contributed by atoms with Crippen molar-refractivity contribution in [2.24, 2.45) is 0 Å². The number of carbonyl (C=O) groups is 2. The van der Waals surface area contributed by atoms with Crippen molar-refractivity contribution >= 4 is 23.6 Å². The van der Waals surface area contributed by atoms with Crippen LogP contribution in [0, 0.1) is 0 Å². The zero-order valence-corrected chi connectivity index (χ0v) is 11.5. The van der Waals surface area contributed by atoms with Gasteiger partial charge in [0.2, 0.25) is 0 Å². The van der Waals surface area contributed by atoms with Crippen molar-refractivity contribution < 1.29 is 14.7 Å². The molecule has 0 unspecified atom stereocenters. The van der Waals surface area contributed by atoms with Crippen LogP contribution in [-0.4, -0.2) is 17.0 Å². The SMILES string of the molecule is C/C(=C\c1ccccc1)C(=O)Nc1ccc(C(=O)O)cc1. The molecule has 0 fully saturated rings. The Morgan fingerprint density at radius 3 is 2.19 bits per heavy atom. The Balaban J connectivity index is 2.07. The van der Waals surface area contributed by atoms with E-state index in [0.29, 0.717) is 11.3 Å². The average Bonchev–Trinajstić information content (AvgIpc) is 2.48. The van der Waals surface area contributed by atoms with Crippen molar-refractivity contribution in [1.82, 2.24) is 0 Å². The van der Waals surface area contributed by atoms with Crippen LogP contribution in [0.15, 0.2) is 60.2 Å². The van der Waals surface area contributed by atoms with E-state index in [9.17, 15) is 9.59 Å². The van der Waals surface area contributed by atoms with Crippen molar-refractivity contribution in [2.45, 2.75) is 6.92 Å². The van der Waals surface area contributed by atoms with Crippen LogP contribution >= 0.6 is 0 Å². The quantitative estimate of drug-likeness (QED) is 0.844. The number of rotatable bonds is 4. The number of carboxylic acids is 1. The number of anilines is 1. The lowest BCUT2D eigenvalue weighted by atomic mass is 10.1. The van der Waals surface area contributed by atoms with Gasteiger partial charge in [-0.05, 0) is 42.8 Å². The van der Waals surface area contributed by atoms with Gasteiger partial charge < -0.3 is 10.4 Å². The molecule has 0 aliphatic carbocycles. The number of benzene rings is 2. The van der Waals surface area contributed by atoms with Crippen LogP contribution in [0.3, 0.4) is 0 Å². The fourth-order valence-electron chi connectivity index (χ4n) is 1.79. The summed E-state index contributed by atoms with van der Waals surface area (Å²) in [5.41, 5.74) is 2.27. The lowest BCUT2D eigenvalue weighted by Gasteiger charge is -2.06. The second kappa shape index (κ2) is 6.52. The molecule has 2 aromatic rings. The van der Waals surface area contributed by atoms with Gasteiger partial charge in [0.05, 0.1) is 5.56 Å².